The first-order valence-electron chi connectivity index (χ1n) is 10.1. The molecule has 0 spiro atoms. The van der Waals surface area contributed by atoms with Gasteiger partial charge in [-0.25, -0.2) is 9.59 Å². The number of esters is 2. The molecule has 1 aliphatic rings. The van der Waals surface area contributed by atoms with Crippen LogP contribution in [0.5, 0.6) is 0 Å². The molecule has 0 radical (unpaired) electrons. The number of halogens is 3. The van der Waals surface area contributed by atoms with Crippen LogP contribution in [0.4, 0.5) is 18.2 Å². The number of nitrogens with one attached hydrogen (secondary N) is 1. The highest BCUT2D eigenvalue weighted by molar-refractivity contribution is 7.17. The molecule has 1 N–H and O–H groups in total. The summed E-state index contributed by atoms with van der Waals surface area (Å²) in [5.74, 6) is -2.11. The summed E-state index contributed by atoms with van der Waals surface area (Å²) in [6.07, 6.45) is -2.31. The smallest absolute Gasteiger partial charge is 0.416 e. The van der Waals surface area contributed by atoms with Gasteiger partial charge in [-0.3, -0.25) is 4.79 Å². The topological polar surface area (TPSA) is 81.7 Å². The molecule has 1 unspecified atom stereocenters. The highest BCUT2D eigenvalue weighted by Gasteiger charge is 2.31. The summed E-state index contributed by atoms with van der Waals surface area (Å²) in [6, 6.07) is 3.51. The number of amides is 1. The van der Waals surface area contributed by atoms with Crippen LogP contribution in [0.15, 0.2) is 24.3 Å². The molecule has 1 aromatic carbocycles. The third-order valence-electron chi connectivity index (χ3n) is 4.99. The second-order valence-electron chi connectivity index (χ2n) is 7.25. The second-order valence-corrected chi connectivity index (χ2v) is 8.35. The Hall–Kier alpha value is -2.88. The number of benzene rings is 1. The monoisotopic (exact) mass is 469 g/mol. The van der Waals surface area contributed by atoms with Gasteiger partial charge in [0.1, 0.15) is 5.00 Å². The molecule has 0 saturated carbocycles. The fraction of sp³-hybridized carbons (Fsp3) is 0.409. The van der Waals surface area contributed by atoms with E-state index in [4.69, 9.17) is 9.47 Å². The first-order chi connectivity index (χ1) is 15.1. The standard InChI is InChI=1S/C22H22F3NO5S/c1-3-30-21(29)17-15-6-4-5-7-16(15)32-19(17)26-18(27)12(2)31-20(28)13-8-10-14(11-9-13)22(23,24)25/h8-12H,3-7H2,1-2H3,(H,26,27). The molecule has 2 aromatic rings. The van der Waals surface area contributed by atoms with E-state index >= 15 is 0 Å². The van der Waals surface area contributed by atoms with E-state index in [0.717, 1.165) is 54.0 Å². The van der Waals surface area contributed by atoms with Crippen molar-refractivity contribution in [3.8, 4) is 0 Å². The average molecular weight is 469 g/mol. The Labute approximate surface area is 186 Å². The molecule has 3 rings (SSSR count). The van der Waals surface area contributed by atoms with E-state index in [1.807, 2.05) is 0 Å². The van der Waals surface area contributed by atoms with Crippen molar-refractivity contribution in [3.05, 3.63) is 51.4 Å². The number of ether oxygens (including phenoxy) is 2. The molecule has 1 heterocycles. The van der Waals surface area contributed by atoms with E-state index in [-0.39, 0.29) is 12.2 Å². The van der Waals surface area contributed by atoms with Crippen LogP contribution in [-0.2, 0) is 33.3 Å². The highest BCUT2D eigenvalue weighted by Crippen LogP contribution is 2.38. The minimum Gasteiger partial charge on any atom is -0.462 e. The summed E-state index contributed by atoms with van der Waals surface area (Å²) in [5.41, 5.74) is 0.204. The van der Waals surface area contributed by atoms with Gasteiger partial charge in [0, 0.05) is 4.88 Å². The van der Waals surface area contributed by atoms with Gasteiger partial charge < -0.3 is 14.8 Å². The van der Waals surface area contributed by atoms with Gasteiger partial charge in [0.2, 0.25) is 0 Å². The zero-order chi connectivity index (χ0) is 23.5. The number of hydrogen-bond donors (Lipinski definition) is 1. The first kappa shape index (κ1) is 23.8. The fourth-order valence-corrected chi connectivity index (χ4v) is 4.64. The Morgan fingerprint density at radius 3 is 2.38 bits per heavy atom. The lowest BCUT2D eigenvalue weighted by Gasteiger charge is -2.14. The predicted molar refractivity (Wildman–Crippen MR) is 112 cm³/mol. The number of fused-ring (bicyclic) bond motifs is 1. The molecule has 6 nitrogen and oxygen atoms in total. The number of aryl methyl sites for hydroxylation is 1. The van der Waals surface area contributed by atoms with Crippen LogP contribution in [0.25, 0.3) is 0 Å². The van der Waals surface area contributed by atoms with Gasteiger partial charge >= 0.3 is 18.1 Å². The summed E-state index contributed by atoms with van der Waals surface area (Å²) >= 11 is 1.30. The Bertz CT molecular complexity index is 1010. The van der Waals surface area contributed by atoms with Crippen LogP contribution in [0, 0.1) is 0 Å². The molecule has 1 atom stereocenters. The number of hydrogen-bond acceptors (Lipinski definition) is 6. The van der Waals surface area contributed by atoms with Gasteiger partial charge in [0.15, 0.2) is 6.10 Å². The fourth-order valence-electron chi connectivity index (χ4n) is 3.36. The summed E-state index contributed by atoms with van der Waals surface area (Å²) in [5, 5.41) is 2.99. The third-order valence-corrected chi connectivity index (χ3v) is 6.20. The Balaban J connectivity index is 1.71. The van der Waals surface area contributed by atoms with E-state index in [1.54, 1.807) is 6.92 Å². The molecule has 0 bridgehead atoms. The van der Waals surface area contributed by atoms with E-state index in [0.29, 0.717) is 17.0 Å². The molecule has 1 aliphatic carbocycles. The molecule has 10 heteroatoms. The minimum atomic E-state index is -4.52. The maximum atomic E-state index is 12.7. The molecular formula is C22H22F3NO5S. The van der Waals surface area contributed by atoms with Crippen LogP contribution >= 0.6 is 11.3 Å². The van der Waals surface area contributed by atoms with Gasteiger partial charge in [0.05, 0.1) is 23.3 Å². The number of rotatable bonds is 6. The molecule has 32 heavy (non-hydrogen) atoms. The van der Waals surface area contributed by atoms with Crippen molar-refractivity contribution >= 4 is 34.2 Å². The van der Waals surface area contributed by atoms with E-state index in [2.05, 4.69) is 5.32 Å². The normalized spacial score (nSPS) is 14.3. The molecular weight excluding hydrogens is 447 g/mol. The van der Waals surface area contributed by atoms with Crippen molar-refractivity contribution in [2.45, 2.75) is 51.8 Å². The zero-order valence-corrected chi connectivity index (χ0v) is 18.3. The number of carbonyl (C=O) groups excluding carboxylic acids is 3. The van der Waals surface area contributed by atoms with Gasteiger partial charge in [-0.05, 0) is 69.4 Å². The maximum Gasteiger partial charge on any atom is 0.416 e. The lowest BCUT2D eigenvalue weighted by atomic mass is 9.95. The van der Waals surface area contributed by atoms with Gasteiger partial charge in [-0.1, -0.05) is 0 Å². The van der Waals surface area contributed by atoms with Crippen molar-refractivity contribution in [2.75, 3.05) is 11.9 Å². The van der Waals surface area contributed by atoms with Crippen molar-refractivity contribution in [1.29, 1.82) is 0 Å². The SMILES string of the molecule is CCOC(=O)c1c(NC(=O)C(C)OC(=O)c2ccc(C(F)(F)F)cc2)sc2c1CCCC2. The molecule has 0 fully saturated rings. The lowest BCUT2D eigenvalue weighted by molar-refractivity contribution is -0.137. The van der Waals surface area contributed by atoms with Crippen molar-refractivity contribution in [3.63, 3.8) is 0 Å². The molecule has 0 saturated heterocycles. The molecule has 0 aliphatic heterocycles. The highest BCUT2D eigenvalue weighted by atomic mass is 32.1. The summed E-state index contributed by atoms with van der Waals surface area (Å²) in [4.78, 5) is 38.4. The Morgan fingerprint density at radius 2 is 1.75 bits per heavy atom. The van der Waals surface area contributed by atoms with Crippen LogP contribution in [-0.4, -0.2) is 30.6 Å². The summed E-state index contributed by atoms with van der Waals surface area (Å²) < 4.78 is 48.2. The first-order valence-corrected chi connectivity index (χ1v) is 10.9. The number of alkyl halides is 3. The van der Waals surface area contributed by atoms with Crippen molar-refractivity contribution in [1.82, 2.24) is 0 Å². The Kier molecular flexibility index (Phi) is 7.22. The van der Waals surface area contributed by atoms with Crippen LogP contribution in [0.1, 0.15) is 63.4 Å². The van der Waals surface area contributed by atoms with Crippen LogP contribution < -0.4 is 5.32 Å². The maximum absolute atomic E-state index is 12.7. The second kappa shape index (κ2) is 9.72. The van der Waals surface area contributed by atoms with Gasteiger partial charge in [-0.2, -0.15) is 13.2 Å². The minimum absolute atomic E-state index is 0.114. The quantitative estimate of drug-likeness (QED) is 0.602. The number of anilines is 1. The molecule has 1 amide bonds. The van der Waals surface area contributed by atoms with Gasteiger partial charge in [-0.15, -0.1) is 11.3 Å². The van der Waals surface area contributed by atoms with E-state index in [9.17, 15) is 27.6 Å². The Morgan fingerprint density at radius 1 is 1.09 bits per heavy atom. The number of carbonyl (C=O) groups is 3. The van der Waals surface area contributed by atoms with Crippen LogP contribution in [0.2, 0.25) is 0 Å². The number of thiophene rings is 1. The zero-order valence-electron chi connectivity index (χ0n) is 17.5. The van der Waals surface area contributed by atoms with Crippen LogP contribution in [0.3, 0.4) is 0 Å². The average Bonchev–Trinajstić information content (AvgIpc) is 3.11. The van der Waals surface area contributed by atoms with Crippen molar-refractivity contribution < 1.29 is 37.0 Å². The van der Waals surface area contributed by atoms with Crippen molar-refractivity contribution in [2.24, 2.45) is 0 Å². The predicted octanol–water partition coefficient (Wildman–Crippen LogP) is 5.01. The van der Waals surface area contributed by atoms with Gasteiger partial charge in [0.25, 0.3) is 5.91 Å². The molecule has 1 aromatic heterocycles. The largest absolute Gasteiger partial charge is 0.462 e. The summed E-state index contributed by atoms with van der Waals surface area (Å²) in [6.45, 7) is 3.23. The van der Waals surface area contributed by atoms with E-state index < -0.39 is 35.7 Å². The third kappa shape index (κ3) is 5.29. The lowest BCUT2D eigenvalue weighted by Crippen LogP contribution is -2.30. The van der Waals surface area contributed by atoms with E-state index in [1.165, 1.54) is 18.3 Å². The molecule has 172 valence electrons. The summed E-state index contributed by atoms with van der Waals surface area (Å²) in [7, 11) is 0.